The molecule has 1 atom stereocenters. The number of nitrogens with zero attached hydrogens (tertiary/aromatic N) is 5. The van der Waals surface area contributed by atoms with Gasteiger partial charge in [-0.25, -0.2) is 4.98 Å². The third kappa shape index (κ3) is 2.30. The van der Waals surface area contributed by atoms with Crippen LogP contribution in [0.3, 0.4) is 0 Å². The van der Waals surface area contributed by atoms with E-state index in [1.54, 1.807) is 6.33 Å². The van der Waals surface area contributed by atoms with E-state index in [0.29, 0.717) is 19.0 Å². The van der Waals surface area contributed by atoms with E-state index in [9.17, 15) is 0 Å². The van der Waals surface area contributed by atoms with Crippen LogP contribution in [0.25, 0.3) is 5.78 Å². The minimum absolute atomic E-state index is 0.228. The highest BCUT2D eigenvalue weighted by Gasteiger charge is 2.32. The van der Waals surface area contributed by atoms with Crippen LogP contribution in [-0.4, -0.2) is 39.3 Å². The molecule has 1 fully saturated rings. The first-order chi connectivity index (χ1) is 12.3. The molecule has 1 aromatic carbocycles. The number of rotatable bonds is 2. The zero-order chi connectivity index (χ0) is 16.8. The first kappa shape index (κ1) is 14.5. The van der Waals surface area contributed by atoms with Crippen molar-refractivity contribution < 1.29 is 9.47 Å². The standard InChI is InChI=1S/C18H19N5O2/c1-12-10-16(23-18(21-12)19-11-20-23)22-7-3-5-14(22)13-4-2-6-15-17(13)25-9-8-24-15/h2,4,6,10-11,14H,3,5,7-9H2,1H3. The Morgan fingerprint density at radius 3 is 3.08 bits per heavy atom. The SMILES string of the molecule is Cc1cc(N2CCCC2c2cccc3c2OCCO3)n2ncnc2n1. The van der Waals surface area contributed by atoms with Crippen LogP contribution < -0.4 is 14.4 Å². The number of hydrogen-bond acceptors (Lipinski definition) is 6. The molecular formula is C18H19N5O2. The van der Waals surface area contributed by atoms with Crippen molar-refractivity contribution in [1.29, 1.82) is 0 Å². The van der Waals surface area contributed by atoms with Gasteiger partial charge in [-0.05, 0) is 25.8 Å². The highest BCUT2D eigenvalue weighted by atomic mass is 16.6. The quantitative estimate of drug-likeness (QED) is 0.716. The van der Waals surface area contributed by atoms with Crippen molar-refractivity contribution in [2.45, 2.75) is 25.8 Å². The van der Waals surface area contributed by atoms with Gasteiger partial charge in [-0.2, -0.15) is 14.6 Å². The molecule has 0 bridgehead atoms. The minimum Gasteiger partial charge on any atom is -0.486 e. The lowest BCUT2D eigenvalue weighted by Crippen LogP contribution is -2.27. The lowest BCUT2D eigenvalue weighted by molar-refractivity contribution is 0.169. The molecule has 1 unspecified atom stereocenters. The summed E-state index contributed by atoms with van der Waals surface area (Å²) in [5, 5.41) is 4.37. The first-order valence-corrected chi connectivity index (χ1v) is 8.64. The number of aryl methyl sites for hydroxylation is 1. The summed E-state index contributed by atoms with van der Waals surface area (Å²) < 4.78 is 13.5. The van der Waals surface area contributed by atoms with Gasteiger partial charge in [0.15, 0.2) is 11.5 Å². The fourth-order valence-corrected chi connectivity index (χ4v) is 3.84. The highest BCUT2D eigenvalue weighted by Crippen LogP contribution is 2.44. The van der Waals surface area contributed by atoms with Gasteiger partial charge in [-0.3, -0.25) is 0 Å². The Morgan fingerprint density at radius 1 is 1.20 bits per heavy atom. The van der Waals surface area contributed by atoms with Gasteiger partial charge in [-0.15, -0.1) is 0 Å². The highest BCUT2D eigenvalue weighted by molar-refractivity contribution is 5.55. The molecule has 128 valence electrons. The van der Waals surface area contributed by atoms with Crippen molar-refractivity contribution in [2.75, 3.05) is 24.7 Å². The molecule has 0 N–H and O–H groups in total. The molecule has 5 rings (SSSR count). The zero-order valence-corrected chi connectivity index (χ0v) is 14.1. The maximum absolute atomic E-state index is 5.95. The smallest absolute Gasteiger partial charge is 0.254 e. The van der Waals surface area contributed by atoms with Gasteiger partial charge in [0.25, 0.3) is 5.78 Å². The van der Waals surface area contributed by atoms with Gasteiger partial charge in [0, 0.05) is 23.9 Å². The van der Waals surface area contributed by atoms with Crippen molar-refractivity contribution in [1.82, 2.24) is 19.6 Å². The first-order valence-electron chi connectivity index (χ1n) is 8.64. The van der Waals surface area contributed by atoms with Crippen LogP contribution in [0, 0.1) is 6.92 Å². The average Bonchev–Trinajstić information content (AvgIpc) is 3.29. The second-order valence-corrected chi connectivity index (χ2v) is 6.45. The van der Waals surface area contributed by atoms with Crippen LogP contribution >= 0.6 is 0 Å². The molecule has 7 nitrogen and oxygen atoms in total. The summed E-state index contributed by atoms with van der Waals surface area (Å²) in [7, 11) is 0. The molecule has 1 saturated heterocycles. The second-order valence-electron chi connectivity index (χ2n) is 6.45. The monoisotopic (exact) mass is 337 g/mol. The van der Waals surface area contributed by atoms with E-state index in [1.165, 1.54) is 5.56 Å². The lowest BCUT2D eigenvalue weighted by Gasteiger charge is -2.30. The Balaban J connectivity index is 1.62. The van der Waals surface area contributed by atoms with Gasteiger partial charge >= 0.3 is 0 Å². The number of anilines is 1. The summed E-state index contributed by atoms with van der Waals surface area (Å²) >= 11 is 0. The number of benzene rings is 1. The van der Waals surface area contributed by atoms with E-state index in [4.69, 9.17) is 9.47 Å². The summed E-state index contributed by atoms with van der Waals surface area (Å²) in [5.41, 5.74) is 2.12. The van der Waals surface area contributed by atoms with Crippen molar-refractivity contribution >= 4 is 11.6 Å². The van der Waals surface area contributed by atoms with Gasteiger partial charge in [0.05, 0.1) is 6.04 Å². The molecule has 2 aromatic heterocycles. The zero-order valence-electron chi connectivity index (χ0n) is 14.1. The average molecular weight is 337 g/mol. The number of fused-ring (bicyclic) bond motifs is 2. The Bertz CT molecular complexity index is 938. The van der Waals surface area contributed by atoms with Crippen molar-refractivity contribution in [2.24, 2.45) is 0 Å². The Kier molecular flexibility index (Phi) is 3.26. The Labute approximate surface area is 145 Å². The summed E-state index contributed by atoms with van der Waals surface area (Å²) in [5.74, 6) is 3.38. The third-order valence-electron chi connectivity index (χ3n) is 4.86. The lowest BCUT2D eigenvalue weighted by atomic mass is 10.0. The van der Waals surface area contributed by atoms with E-state index in [2.05, 4.69) is 32.1 Å². The Hall–Kier alpha value is -2.83. The largest absolute Gasteiger partial charge is 0.486 e. The summed E-state index contributed by atoms with van der Waals surface area (Å²) in [4.78, 5) is 11.1. The number of hydrogen-bond donors (Lipinski definition) is 0. The van der Waals surface area contributed by atoms with Gasteiger partial charge in [0.1, 0.15) is 25.4 Å². The summed E-state index contributed by atoms with van der Waals surface area (Å²) in [6, 6.07) is 8.47. The van der Waals surface area contributed by atoms with E-state index in [0.717, 1.165) is 42.4 Å². The summed E-state index contributed by atoms with van der Waals surface area (Å²) in [6.07, 6.45) is 3.74. The third-order valence-corrected chi connectivity index (χ3v) is 4.86. The maximum Gasteiger partial charge on any atom is 0.254 e. The summed E-state index contributed by atoms with van der Waals surface area (Å²) in [6.45, 7) is 4.16. The van der Waals surface area contributed by atoms with Gasteiger partial charge in [-0.1, -0.05) is 12.1 Å². The number of aromatic nitrogens is 4. The molecule has 25 heavy (non-hydrogen) atoms. The molecule has 2 aliphatic rings. The molecule has 0 spiro atoms. The molecule has 3 aromatic rings. The predicted molar refractivity (Wildman–Crippen MR) is 92.3 cm³/mol. The minimum atomic E-state index is 0.228. The van der Waals surface area contributed by atoms with E-state index >= 15 is 0 Å². The normalized spacial score (nSPS) is 19.6. The molecule has 7 heteroatoms. The van der Waals surface area contributed by atoms with Gasteiger partial charge < -0.3 is 14.4 Å². The molecular weight excluding hydrogens is 318 g/mol. The predicted octanol–water partition coefficient (Wildman–Crippen LogP) is 2.55. The van der Waals surface area contributed by atoms with Crippen LogP contribution in [0.15, 0.2) is 30.6 Å². The fourth-order valence-electron chi connectivity index (χ4n) is 3.84. The Morgan fingerprint density at radius 2 is 2.12 bits per heavy atom. The van der Waals surface area contributed by atoms with E-state index in [1.807, 2.05) is 23.6 Å². The molecule has 4 heterocycles. The van der Waals surface area contributed by atoms with Gasteiger partial charge in [0.2, 0.25) is 0 Å². The van der Waals surface area contributed by atoms with E-state index < -0.39 is 0 Å². The molecule has 2 aliphatic heterocycles. The van der Waals surface area contributed by atoms with Crippen LogP contribution in [0.4, 0.5) is 5.82 Å². The number of para-hydroxylation sites is 1. The maximum atomic E-state index is 5.95. The molecule has 0 aliphatic carbocycles. The molecule has 0 radical (unpaired) electrons. The number of ether oxygens (including phenoxy) is 2. The van der Waals surface area contributed by atoms with Crippen LogP contribution in [-0.2, 0) is 0 Å². The van der Waals surface area contributed by atoms with Crippen LogP contribution in [0.2, 0.25) is 0 Å². The van der Waals surface area contributed by atoms with Crippen LogP contribution in [0.5, 0.6) is 11.5 Å². The topological polar surface area (TPSA) is 64.8 Å². The molecule has 0 saturated carbocycles. The fraction of sp³-hybridized carbons (Fsp3) is 0.389. The second kappa shape index (κ2) is 5.61. The molecule has 0 amide bonds. The van der Waals surface area contributed by atoms with Crippen molar-refractivity contribution in [3.63, 3.8) is 0 Å². The van der Waals surface area contributed by atoms with Crippen molar-refractivity contribution in [3.05, 3.63) is 41.9 Å². The van der Waals surface area contributed by atoms with E-state index in [-0.39, 0.29) is 6.04 Å². The van der Waals surface area contributed by atoms with Crippen molar-refractivity contribution in [3.8, 4) is 11.5 Å². The van der Waals surface area contributed by atoms with Crippen LogP contribution in [0.1, 0.15) is 30.1 Å².